The Hall–Kier alpha value is -1.03. The average molecular weight is 275 g/mol. The van der Waals surface area contributed by atoms with Crippen molar-refractivity contribution in [2.24, 2.45) is 0 Å². The van der Waals surface area contributed by atoms with Crippen LogP contribution in [0.2, 0.25) is 15.1 Å². The molecule has 16 heavy (non-hydrogen) atoms. The summed E-state index contributed by atoms with van der Waals surface area (Å²) in [6, 6.07) is 6.53. The smallest absolute Gasteiger partial charge is 0.146 e. The number of aromatic nitrogens is 2. The van der Waals surface area contributed by atoms with E-state index in [4.69, 9.17) is 40.5 Å². The van der Waals surface area contributed by atoms with Crippen LogP contribution < -0.4 is 5.73 Å². The summed E-state index contributed by atoms with van der Waals surface area (Å²) in [4.78, 5) is 0. The van der Waals surface area contributed by atoms with Gasteiger partial charge in [-0.2, -0.15) is 0 Å². The van der Waals surface area contributed by atoms with Crippen molar-refractivity contribution < 1.29 is 0 Å². The van der Waals surface area contributed by atoms with Gasteiger partial charge >= 0.3 is 0 Å². The van der Waals surface area contributed by atoms with E-state index in [1.807, 2.05) is 0 Å². The maximum Gasteiger partial charge on any atom is 0.146 e. The van der Waals surface area contributed by atoms with Gasteiger partial charge in [-0.25, -0.2) is 0 Å². The topological polar surface area (TPSA) is 51.8 Å². The number of benzene rings is 1. The molecule has 1 heterocycles. The average Bonchev–Trinajstić information content (AvgIpc) is 2.19. The van der Waals surface area contributed by atoms with Gasteiger partial charge < -0.3 is 5.73 Å². The summed E-state index contributed by atoms with van der Waals surface area (Å²) in [5.41, 5.74) is 6.60. The normalized spacial score (nSPS) is 10.4. The lowest BCUT2D eigenvalue weighted by Crippen LogP contribution is -1.94. The number of hydrogen-bond acceptors (Lipinski definition) is 3. The van der Waals surface area contributed by atoms with E-state index in [0.717, 1.165) is 0 Å². The standard InChI is InChI=1S/C10H6Cl3N3/c11-5-3-6(12)10(7(13)4-5)8-1-2-9(14)16-15-8/h1-4H,(H2,14,16). The third-order valence-corrected chi connectivity index (χ3v) is 2.76. The first-order valence-corrected chi connectivity index (χ1v) is 5.45. The molecule has 0 aliphatic heterocycles. The predicted octanol–water partition coefficient (Wildman–Crippen LogP) is 3.69. The lowest BCUT2D eigenvalue weighted by molar-refractivity contribution is 1.05. The van der Waals surface area contributed by atoms with E-state index in [1.54, 1.807) is 24.3 Å². The highest BCUT2D eigenvalue weighted by atomic mass is 35.5. The number of nitrogen functional groups attached to an aromatic ring is 1. The SMILES string of the molecule is Nc1ccc(-c2c(Cl)cc(Cl)cc2Cl)nn1. The van der Waals surface area contributed by atoms with Crippen LogP contribution in [0.5, 0.6) is 0 Å². The lowest BCUT2D eigenvalue weighted by Gasteiger charge is -2.06. The lowest BCUT2D eigenvalue weighted by atomic mass is 10.1. The van der Waals surface area contributed by atoms with E-state index in [0.29, 0.717) is 32.1 Å². The first-order valence-electron chi connectivity index (χ1n) is 4.32. The summed E-state index contributed by atoms with van der Waals surface area (Å²) >= 11 is 17.9. The third kappa shape index (κ3) is 2.21. The van der Waals surface area contributed by atoms with Gasteiger partial charge in [0.15, 0.2) is 0 Å². The van der Waals surface area contributed by atoms with E-state index in [9.17, 15) is 0 Å². The molecule has 0 unspecified atom stereocenters. The number of nitrogens with two attached hydrogens (primary N) is 1. The predicted molar refractivity (Wildman–Crippen MR) is 66.9 cm³/mol. The Labute approximate surface area is 107 Å². The van der Waals surface area contributed by atoms with Crippen molar-refractivity contribution in [1.82, 2.24) is 10.2 Å². The van der Waals surface area contributed by atoms with Crippen molar-refractivity contribution in [3.63, 3.8) is 0 Å². The van der Waals surface area contributed by atoms with Crippen LogP contribution in [0.15, 0.2) is 24.3 Å². The Kier molecular flexibility index (Phi) is 3.19. The van der Waals surface area contributed by atoms with Crippen molar-refractivity contribution in [1.29, 1.82) is 0 Å². The van der Waals surface area contributed by atoms with Crippen LogP contribution in [0, 0.1) is 0 Å². The summed E-state index contributed by atoms with van der Waals surface area (Å²) in [6.45, 7) is 0. The number of halogens is 3. The highest BCUT2D eigenvalue weighted by molar-refractivity contribution is 6.41. The van der Waals surface area contributed by atoms with Crippen LogP contribution in [0.4, 0.5) is 5.82 Å². The van der Waals surface area contributed by atoms with E-state index in [-0.39, 0.29) is 0 Å². The molecule has 0 spiro atoms. The molecule has 2 aromatic rings. The van der Waals surface area contributed by atoms with Crippen LogP contribution >= 0.6 is 34.8 Å². The third-order valence-electron chi connectivity index (χ3n) is 1.95. The van der Waals surface area contributed by atoms with Crippen LogP contribution in [0.1, 0.15) is 0 Å². The van der Waals surface area contributed by atoms with Gasteiger partial charge in [-0.1, -0.05) is 34.8 Å². The molecule has 0 saturated heterocycles. The molecule has 82 valence electrons. The molecule has 0 saturated carbocycles. The maximum absolute atomic E-state index is 6.04. The molecule has 3 nitrogen and oxygen atoms in total. The van der Waals surface area contributed by atoms with Crippen LogP contribution in [-0.4, -0.2) is 10.2 Å². The van der Waals surface area contributed by atoms with Crippen LogP contribution in [0.25, 0.3) is 11.3 Å². The van der Waals surface area contributed by atoms with Crippen molar-refractivity contribution in [3.05, 3.63) is 39.3 Å². The summed E-state index contributed by atoms with van der Waals surface area (Å²) < 4.78 is 0. The van der Waals surface area contributed by atoms with Gasteiger partial charge in [0.05, 0.1) is 15.7 Å². The van der Waals surface area contributed by atoms with Crippen molar-refractivity contribution >= 4 is 40.6 Å². The monoisotopic (exact) mass is 273 g/mol. The molecule has 0 fully saturated rings. The van der Waals surface area contributed by atoms with E-state index >= 15 is 0 Å². The summed E-state index contributed by atoms with van der Waals surface area (Å²) in [6.07, 6.45) is 0. The van der Waals surface area contributed by atoms with Gasteiger partial charge in [-0.05, 0) is 24.3 Å². The second kappa shape index (κ2) is 4.45. The molecule has 0 aliphatic rings. The maximum atomic E-state index is 6.04. The molecule has 1 aromatic heterocycles. The fraction of sp³-hybridized carbons (Fsp3) is 0. The van der Waals surface area contributed by atoms with Crippen molar-refractivity contribution in [2.75, 3.05) is 5.73 Å². The summed E-state index contributed by atoms with van der Waals surface area (Å²) in [5, 5.41) is 8.98. The molecule has 2 N–H and O–H groups in total. The zero-order chi connectivity index (χ0) is 11.7. The van der Waals surface area contributed by atoms with Gasteiger partial charge in [-0.3, -0.25) is 0 Å². The zero-order valence-electron chi connectivity index (χ0n) is 7.92. The Morgan fingerprint density at radius 3 is 2.06 bits per heavy atom. The second-order valence-corrected chi connectivity index (χ2v) is 4.34. The molecule has 0 radical (unpaired) electrons. The van der Waals surface area contributed by atoms with Gasteiger partial charge in [0.25, 0.3) is 0 Å². The zero-order valence-corrected chi connectivity index (χ0v) is 10.2. The quantitative estimate of drug-likeness (QED) is 0.863. The minimum atomic E-state index is 0.338. The number of nitrogens with zero attached hydrogens (tertiary/aromatic N) is 2. The molecule has 1 aromatic carbocycles. The fourth-order valence-corrected chi connectivity index (χ4v) is 2.27. The number of anilines is 1. The van der Waals surface area contributed by atoms with Gasteiger partial charge in [0, 0.05) is 10.6 Å². The van der Waals surface area contributed by atoms with E-state index < -0.39 is 0 Å². The molecule has 6 heteroatoms. The molecular formula is C10H6Cl3N3. The molecular weight excluding hydrogens is 268 g/mol. The van der Waals surface area contributed by atoms with Crippen LogP contribution in [0.3, 0.4) is 0 Å². The fourth-order valence-electron chi connectivity index (χ4n) is 1.26. The Bertz CT molecular complexity index is 502. The molecule has 2 rings (SSSR count). The van der Waals surface area contributed by atoms with Crippen LogP contribution in [-0.2, 0) is 0 Å². The van der Waals surface area contributed by atoms with Gasteiger partial charge in [0.2, 0.25) is 0 Å². The minimum absolute atomic E-state index is 0.338. The summed E-state index contributed by atoms with van der Waals surface area (Å²) in [7, 11) is 0. The Balaban J connectivity index is 2.60. The number of rotatable bonds is 1. The van der Waals surface area contributed by atoms with Crippen molar-refractivity contribution in [3.8, 4) is 11.3 Å². The van der Waals surface area contributed by atoms with E-state index in [1.165, 1.54) is 0 Å². The van der Waals surface area contributed by atoms with E-state index in [2.05, 4.69) is 10.2 Å². The largest absolute Gasteiger partial charge is 0.382 e. The summed E-state index contributed by atoms with van der Waals surface area (Å²) in [5.74, 6) is 0.338. The molecule has 0 bridgehead atoms. The molecule has 0 atom stereocenters. The Morgan fingerprint density at radius 2 is 1.56 bits per heavy atom. The minimum Gasteiger partial charge on any atom is -0.382 e. The first-order chi connectivity index (χ1) is 7.58. The Morgan fingerprint density at radius 1 is 0.938 bits per heavy atom. The highest BCUT2D eigenvalue weighted by Gasteiger charge is 2.11. The highest BCUT2D eigenvalue weighted by Crippen LogP contribution is 2.35. The van der Waals surface area contributed by atoms with Crippen molar-refractivity contribution in [2.45, 2.75) is 0 Å². The second-order valence-electron chi connectivity index (χ2n) is 3.09. The van der Waals surface area contributed by atoms with Gasteiger partial charge in [-0.15, -0.1) is 10.2 Å². The first kappa shape index (κ1) is 11.5. The van der Waals surface area contributed by atoms with Gasteiger partial charge in [0.1, 0.15) is 5.82 Å². The number of hydrogen-bond donors (Lipinski definition) is 1. The molecule has 0 aliphatic carbocycles. The molecule has 0 amide bonds.